The molecular weight excluding hydrogens is 322 g/mol. The predicted molar refractivity (Wildman–Crippen MR) is 92.1 cm³/mol. The molecule has 0 aromatic carbocycles. The van der Waals surface area contributed by atoms with Crippen molar-refractivity contribution < 1.29 is 19.1 Å². The number of nitrogens with one attached hydrogen (secondary N) is 1. The van der Waals surface area contributed by atoms with E-state index in [1.54, 1.807) is 24.8 Å². The molecule has 2 N–H and O–H groups in total. The summed E-state index contributed by atoms with van der Waals surface area (Å²) >= 11 is 0. The minimum absolute atomic E-state index is 0.0958. The van der Waals surface area contributed by atoms with Crippen molar-refractivity contribution in [2.24, 2.45) is 0 Å². The van der Waals surface area contributed by atoms with Gasteiger partial charge in [-0.1, -0.05) is 0 Å². The monoisotopic (exact) mass is 345 g/mol. The van der Waals surface area contributed by atoms with Gasteiger partial charge in [-0.25, -0.2) is 0 Å². The molecular formula is C18H23N3O4. The molecule has 1 fully saturated rings. The zero-order chi connectivity index (χ0) is 17.9. The molecule has 0 spiro atoms. The molecule has 2 aromatic heterocycles. The lowest BCUT2D eigenvalue weighted by atomic mass is 9.96. The summed E-state index contributed by atoms with van der Waals surface area (Å²) in [6.07, 6.45) is 6.39. The number of hydrogen-bond donors (Lipinski definition) is 2. The van der Waals surface area contributed by atoms with E-state index in [1.807, 2.05) is 20.0 Å². The van der Waals surface area contributed by atoms with E-state index in [9.17, 15) is 9.90 Å². The number of morpholine rings is 1. The lowest BCUT2D eigenvalue weighted by molar-refractivity contribution is -0.105. The van der Waals surface area contributed by atoms with Gasteiger partial charge in [0.2, 0.25) is 0 Å². The average molecular weight is 345 g/mol. The second-order valence-corrected chi connectivity index (χ2v) is 6.51. The van der Waals surface area contributed by atoms with E-state index in [4.69, 9.17) is 9.15 Å². The zero-order valence-corrected chi connectivity index (χ0v) is 14.4. The van der Waals surface area contributed by atoms with Crippen LogP contribution in [0.1, 0.15) is 17.3 Å². The number of nitrogens with zero attached hydrogens (tertiary/aromatic N) is 2. The number of furan rings is 1. The van der Waals surface area contributed by atoms with Gasteiger partial charge in [0.1, 0.15) is 0 Å². The maximum absolute atomic E-state index is 12.5. The molecule has 0 bridgehead atoms. The van der Waals surface area contributed by atoms with Crippen LogP contribution in [0.3, 0.4) is 0 Å². The third kappa shape index (κ3) is 3.58. The Labute approximate surface area is 146 Å². The summed E-state index contributed by atoms with van der Waals surface area (Å²) in [6, 6.07) is 3.75. The van der Waals surface area contributed by atoms with Gasteiger partial charge in [-0.2, -0.15) is 0 Å². The quantitative estimate of drug-likeness (QED) is 0.845. The molecule has 2 atom stereocenters. The first-order chi connectivity index (χ1) is 12.1. The second-order valence-electron chi connectivity index (χ2n) is 6.51. The van der Waals surface area contributed by atoms with Crippen molar-refractivity contribution in [2.45, 2.75) is 18.5 Å². The van der Waals surface area contributed by atoms with E-state index >= 15 is 0 Å². The van der Waals surface area contributed by atoms with E-state index in [1.165, 1.54) is 6.20 Å². The third-order valence-electron chi connectivity index (χ3n) is 4.87. The van der Waals surface area contributed by atoms with Gasteiger partial charge < -0.3 is 19.6 Å². The van der Waals surface area contributed by atoms with Crippen LogP contribution in [-0.4, -0.2) is 65.9 Å². The van der Waals surface area contributed by atoms with Gasteiger partial charge >= 0.3 is 0 Å². The van der Waals surface area contributed by atoms with Crippen molar-refractivity contribution in [3.05, 3.63) is 42.6 Å². The van der Waals surface area contributed by atoms with Crippen LogP contribution in [0.5, 0.6) is 0 Å². The average Bonchev–Trinajstić information content (AvgIpc) is 3.18. The van der Waals surface area contributed by atoms with Gasteiger partial charge in [-0.3, -0.25) is 14.7 Å². The Kier molecular flexibility index (Phi) is 5.17. The molecule has 0 radical (unpaired) electrons. The summed E-state index contributed by atoms with van der Waals surface area (Å²) in [4.78, 5) is 18.7. The Morgan fingerprint density at radius 3 is 3.04 bits per heavy atom. The molecule has 134 valence electrons. The van der Waals surface area contributed by atoms with Crippen molar-refractivity contribution >= 4 is 5.91 Å². The summed E-state index contributed by atoms with van der Waals surface area (Å²) in [5.74, 6) is -0.239. The van der Waals surface area contributed by atoms with Gasteiger partial charge in [0, 0.05) is 36.1 Å². The highest BCUT2D eigenvalue weighted by atomic mass is 16.5. The Balaban J connectivity index is 1.71. The molecule has 1 amide bonds. The van der Waals surface area contributed by atoms with Crippen molar-refractivity contribution in [1.82, 2.24) is 15.2 Å². The molecule has 0 aliphatic carbocycles. The topological polar surface area (TPSA) is 87.8 Å². The van der Waals surface area contributed by atoms with Gasteiger partial charge in [0.25, 0.3) is 5.91 Å². The number of carbonyl (C=O) groups is 1. The van der Waals surface area contributed by atoms with E-state index in [2.05, 4.69) is 15.2 Å². The van der Waals surface area contributed by atoms with Crippen molar-refractivity contribution in [1.29, 1.82) is 0 Å². The standard InChI is InChI=1S/C18H23N3O4/c1-13-8-25-12-18(11-22,21(13)2)10-20-17(23)16-5-15(6-19-7-16)14-3-4-24-9-14/h3-7,9,13,22H,8,10-12H2,1-2H3,(H,20,23)/t13-,18+/m1/s1. The Hall–Kier alpha value is -2.22. The minimum atomic E-state index is -0.622. The fraction of sp³-hybridized carbons (Fsp3) is 0.444. The number of ether oxygens (including phenoxy) is 1. The van der Waals surface area contributed by atoms with Crippen LogP contribution in [-0.2, 0) is 4.74 Å². The maximum Gasteiger partial charge on any atom is 0.252 e. The molecule has 3 rings (SSSR count). The molecule has 1 saturated heterocycles. The summed E-state index contributed by atoms with van der Waals surface area (Å²) in [5, 5.41) is 12.8. The number of likely N-dealkylation sites (N-methyl/N-ethyl adjacent to an activating group) is 1. The Bertz CT molecular complexity index is 719. The normalized spacial score (nSPS) is 24.2. The molecule has 3 heterocycles. The van der Waals surface area contributed by atoms with Gasteiger partial charge in [-0.05, 0) is 26.1 Å². The number of aliphatic hydroxyl groups is 1. The van der Waals surface area contributed by atoms with Crippen molar-refractivity contribution in [3.8, 4) is 11.1 Å². The number of amides is 1. The molecule has 1 aliphatic rings. The van der Waals surface area contributed by atoms with Crippen LogP contribution in [0.15, 0.2) is 41.5 Å². The molecule has 0 unspecified atom stereocenters. The molecule has 7 nitrogen and oxygen atoms in total. The summed E-state index contributed by atoms with van der Waals surface area (Å²) in [7, 11) is 1.94. The first-order valence-electron chi connectivity index (χ1n) is 8.23. The summed E-state index contributed by atoms with van der Waals surface area (Å²) in [5.41, 5.74) is 1.51. The Morgan fingerprint density at radius 2 is 2.32 bits per heavy atom. The van der Waals surface area contributed by atoms with Gasteiger partial charge in [0.15, 0.2) is 0 Å². The minimum Gasteiger partial charge on any atom is -0.472 e. The lowest BCUT2D eigenvalue weighted by Crippen LogP contribution is -2.65. The first kappa shape index (κ1) is 17.6. The third-order valence-corrected chi connectivity index (χ3v) is 4.87. The highest BCUT2D eigenvalue weighted by molar-refractivity contribution is 5.95. The van der Waals surface area contributed by atoms with Crippen LogP contribution in [0.25, 0.3) is 11.1 Å². The fourth-order valence-corrected chi connectivity index (χ4v) is 2.99. The number of carbonyl (C=O) groups excluding carboxylic acids is 1. The number of pyridine rings is 1. The molecule has 1 aliphatic heterocycles. The SMILES string of the molecule is C[C@@H]1COC[C@@](CO)(CNC(=O)c2cncc(-c3ccoc3)c2)N1C. The maximum atomic E-state index is 12.5. The van der Waals surface area contributed by atoms with Crippen LogP contribution in [0.2, 0.25) is 0 Å². The first-order valence-corrected chi connectivity index (χ1v) is 8.23. The highest BCUT2D eigenvalue weighted by Crippen LogP contribution is 2.22. The van der Waals surface area contributed by atoms with E-state index in [-0.39, 0.29) is 18.6 Å². The molecule has 0 saturated carbocycles. The number of aliphatic hydroxyl groups excluding tert-OH is 1. The van der Waals surface area contributed by atoms with Crippen molar-refractivity contribution in [2.75, 3.05) is 33.4 Å². The predicted octanol–water partition coefficient (Wildman–Crippen LogP) is 1.15. The van der Waals surface area contributed by atoms with E-state index < -0.39 is 5.54 Å². The number of aromatic nitrogens is 1. The zero-order valence-electron chi connectivity index (χ0n) is 14.4. The van der Waals surface area contributed by atoms with E-state index in [0.29, 0.717) is 25.3 Å². The molecule has 2 aromatic rings. The smallest absolute Gasteiger partial charge is 0.252 e. The summed E-state index contributed by atoms with van der Waals surface area (Å²) in [6.45, 7) is 3.21. The van der Waals surface area contributed by atoms with E-state index in [0.717, 1.165) is 11.1 Å². The van der Waals surface area contributed by atoms with Crippen LogP contribution < -0.4 is 5.32 Å². The largest absolute Gasteiger partial charge is 0.472 e. The summed E-state index contributed by atoms with van der Waals surface area (Å²) < 4.78 is 10.7. The number of hydrogen-bond acceptors (Lipinski definition) is 6. The van der Waals surface area contributed by atoms with Crippen LogP contribution in [0, 0.1) is 0 Å². The van der Waals surface area contributed by atoms with Crippen LogP contribution in [0.4, 0.5) is 0 Å². The van der Waals surface area contributed by atoms with Crippen LogP contribution >= 0.6 is 0 Å². The molecule has 7 heteroatoms. The molecule has 25 heavy (non-hydrogen) atoms. The fourth-order valence-electron chi connectivity index (χ4n) is 2.99. The van der Waals surface area contributed by atoms with Gasteiger partial charge in [-0.15, -0.1) is 0 Å². The van der Waals surface area contributed by atoms with Crippen molar-refractivity contribution in [3.63, 3.8) is 0 Å². The highest BCUT2D eigenvalue weighted by Gasteiger charge is 2.40. The second kappa shape index (κ2) is 7.35. The number of rotatable bonds is 5. The Morgan fingerprint density at radius 1 is 1.48 bits per heavy atom. The van der Waals surface area contributed by atoms with Gasteiger partial charge in [0.05, 0.1) is 43.4 Å². The lowest BCUT2D eigenvalue weighted by Gasteiger charge is -2.47.